The first-order valence-corrected chi connectivity index (χ1v) is 9.79. The summed E-state index contributed by atoms with van der Waals surface area (Å²) in [7, 11) is 0. The topological polar surface area (TPSA) is 70.1 Å². The lowest BCUT2D eigenvalue weighted by Crippen LogP contribution is -2.63. The van der Waals surface area contributed by atoms with E-state index in [4.69, 9.17) is 4.74 Å². The fraction of sp³-hybridized carbons (Fsp3) is 0.762. The molecule has 5 heteroatoms. The van der Waals surface area contributed by atoms with Gasteiger partial charge in [0.05, 0.1) is 6.10 Å². The molecule has 0 radical (unpaired) electrons. The molecule has 0 aromatic heterocycles. The molecule has 4 aliphatic carbocycles. The summed E-state index contributed by atoms with van der Waals surface area (Å²) in [4.78, 5) is 12.0. The second-order valence-corrected chi connectivity index (χ2v) is 9.65. The van der Waals surface area contributed by atoms with Crippen molar-refractivity contribution < 1.29 is 24.1 Å². The standard InChI is InChI=1S/C21H27FO4/c1-11-8-13-14-9-15(22)12-6-4-5-7-18(12,2)21(14)16(26-21)10-19(13,3)20(11,25)17(23)24/h5-7,11,13-16,25H,4,8-10H2,1-3H3,(H,23,24)/t11-,13-,14-,15-,16-,18-,19-,20-,21+/m0/s1. The molecule has 1 saturated heterocycles. The highest BCUT2D eigenvalue weighted by Crippen LogP contribution is 2.76. The van der Waals surface area contributed by atoms with E-state index in [9.17, 15) is 15.0 Å². The average Bonchev–Trinajstić information content (AvgIpc) is 3.26. The van der Waals surface area contributed by atoms with E-state index >= 15 is 4.39 Å². The van der Waals surface area contributed by atoms with Crippen LogP contribution in [-0.2, 0) is 9.53 Å². The Morgan fingerprint density at radius 2 is 2.04 bits per heavy atom. The Hall–Kier alpha value is -1.20. The van der Waals surface area contributed by atoms with E-state index in [0.717, 1.165) is 12.0 Å². The number of alkyl halides is 1. The number of allylic oxidation sites excluding steroid dienone is 2. The summed E-state index contributed by atoms with van der Waals surface area (Å²) in [5.41, 5.74) is -2.63. The van der Waals surface area contributed by atoms with Gasteiger partial charge in [0.2, 0.25) is 0 Å². The predicted octanol–water partition coefficient (Wildman–Crippen LogP) is 3.26. The highest BCUT2D eigenvalue weighted by molar-refractivity contribution is 5.80. The van der Waals surface area contributed by atoms with Crippen LogP contribution < -0.4 is 0 Å². The van der Waals surface area contributed by atoms with Gasteiger partial charge in [-0.25, -0.2) is 9.18 Å². The second-order valence-electron chi connectivity index (χ2n) is 9.65. The maximum atomic E-state index is 15.2. The number of hydrogen-bond donors (Lipinski definition) is 2. The van der Waals surface area contributed by atoms with Gasteiger partial charge < -0.3 is 14.9 Å². The van der Waals surface area contributed by atoms with Crippen molar-refractivity contribution in [1.29, 1.82) is 0 Å². The number of hydrogen-bond acceptors (Lipinski definition) is 3. The third-order valence-corrected chi connectivity index (χ3v) is 8.87. The molecule has 26 heavy (non-hydrogen) atoms. The molecule has 3 saturated carbocycles. The number of carboxylic acids is 1. The predicted molar refractivity (Wildman–Crippen MR) is 93.1 cm³/mol. The van der Waals surface area contributed by atoms with E-state index in [0.29, 0.717) is 19.3 Å². The summed E-state index contributed by atoms with van der Waals surface area (Å²) < 4.78 is 21.6. The van der Waals surface area contributed by atoms with Crippen LogP contribution in [0.5, 0.6) is 0 Å². The molecule has 1 heterocycles. The van der Waals surface area contributed by atoms with Crippen molar-refractivity contribution in [2.24, 2.45) is 28.6 Å². The molecule has 1 aliphatic heterocycles. The summed E-state index contributed by atoms with van der Waals surface area (Å²) in [6.07, 6.45) is 7.32. The number of carboxylic acid groups (broad SMARTS) is 1. The molecule has 0 bridgehead atoms. The number of fused-ring (bicyclic) bond motifs is 3. The van der Waals surface area contributed by atoms with Crippen molar-refractivity contribution in [2.75, 3.05) is 0 Å². The molecule has 142 valence electrons. The first-order valence-electron chi connectivity index (χ1n) is 9.79. The van der Waals surface area contributed by atoms with Crippen LogP contribution in [-0.4, -0.2) is 39.7 Å². The van der Waals surface area contributed by atoms with Gasteiger partial charge in [-0.05, 0) is 55.9 Å². The summed E-state index contributed by atoms with van der Waals surface area (Å²) in [6.45, 7) is 5.79. The maximum Gasteiger partial charge on any atom is 0.336 e. The van der Waals surface area contributed by atoms with E-state index in [1.54, 1.807) is 0 Å². The van der Waals surface area contributed by atoms with Gasteiger partial charge in [-0.2, -0.15) is 0 Å². The van der Waals surface area contributed by atoms with E-state index in [-0.39, 0.29) is 23.9 Å². The van der Waals surface area contributed by atoms with Crippen LogP contribution in [0.3, 0.4) is 0 Å². The molecular formula is C21H27FO4. The quantitative estimate of drug-likeness (QED) is 0.555. The first-order chi connectivity index (χ1) is 12.1. The molecule has 0 amide bonds. The summed E-state index contributed by atoms with van der Waals surface area (Å²) >= 11 is 0. The highest BCUT2D eigenvalue weighted by atomic mass is 19.1. The molecule has 0 unspecified atom stereocenters. The largest absolute Gasteiger partial charge is 0.479 e. The number of epoxide rings is 1. The zero-order valence-corrected chi connectivity index (χ0v) is 15.5. The fourth-order valence-electron chi connectivity index (χ4n) is 7.58. The van der Waals surface area contributed by atoms with Gasteiger partial charge in [-0.15, -0.1) is 0 Å². The lowest BCUT2D eigenvalue weighted by atomic mass is 9.46. The lowest BCUT2D eigenvalue weighted by molar-refractivity contribution is -0.183. The minimum absolute atomic E-state index is 0.0516. The monoisotopic (exact) mass is 362 g/mol. The minimum Gasteiger partial charge on any atom is -0.479 e. The van der Waals surface area contributed by atoms with Crippen molar-refractivity contribution >= 4 is 5.97 Å². The summed E-state index contributed by atoms with van der Waals surface area (Å²) in [5, 5.41) is 21.1. The molecule has 2 N–H and O–H groups in total. The van der Waals surface area contributed by atoms with Crippen molar-refractivity contribution in [1.82, 2.24) is 0 Å². The number of ether oxygens (including phenoxy) is 1. The van der Waals surface area contributed by atoms with E-state index in [1.165, 1.54) is 0 Å². The van der Waals surface area contributed by atoms with Crippen LogP contribution in [0.4, 0.5) is 4.39 Å². The van der Waals surface area contributed by atoms with Crippen LogP contribution in [0.1, 0.15) is 46.5 Å². The Morgan fingerprint density at radius 1 is 1.31 bits per heavy atom. The molecule has 4 nitrogen and oxygen atoms in total. The van der Waals surface area contributed by atoms with E-state index in [2.05, 4.69) is 19.1 Å². The van der Waals surface area contributed by atoms with Gasteiger partial charge in [0.25, 0.3) is 0 Å². The van der Waals surface area contributed by atoms with Crippen LogP contribution in [0, 0.1) is 28.6 Å². The normalized spacial score (nSPS) is 59.6. The maximum absolute atomic E-state index is 15.2. The van der Waals surface area contributed by atoms with Gasteiger partial charge in [-0.1, -0.05) is 32.1 Å². The average molecular weight is 362 g/mol. The van der Waals surface area contributed by atoms with Crippen molar-refractivity contribution in [2.45, 2.75) is 69.9 Å². The zero-order chi connectivity index (χ0) is 18.7. The van der Waals surface area contributed by atoms with E-state index in [1.807, 2.05) is 19.9 Å². The van der Waals surface area contributed by atoms with Crippen LogP contribution in [0.2, 0.25) is 0 Å². The van der Waals surface area contributed by atoms with Crippen LogP contribution in [0.25, 0.3) is 0 Å². The Balaban J connectivity index is 1.64. The van der Waals surface area contributed by atoms with Crippen molar-refractivity contribution in [3.05, 3.63) is 23.8 Å². The number of halogens is 1. The summed E-state index contributed by atoms with van der Waals surface area (Å²) in [5.74, 6) is -1.62. The van der Waals surface area contributed by atoms with Gasteiger partial charge in [0.15, 0.2) is 5.60 Å². The third-order valence-electron chi connectivity index (χ3n) is 8.87. The number of aliphatic carboxylic acids is 1. The number of rotatable bonds is 1. The van der Waals surface area contributed by atoms with Gasteiger partial charge in [-0.3, -0.25) is 0 Å². The van der Waals surface area contributed by atoms with Crippen molar-refractivity contribution in [3.8, 4) is 0 Å². The smallest absolute Gasteiger partial charge is 0.336 e. The minimum atomic E-state index is -1.78. The lowest BCUT2D eigenvalue weighted by Gasteiger charge is -2.56. The highest BCUT2D eigenvalue weighted by Gasteiger charge is 2.83. The molecule has 5 aliphatic rings. The fourth-order valence-corrected chi connectivity index (χ4v) is 7.58. The molecule has 5 rings (SSSR count). The Bertz CT molecular complexity index is 761. The Kier molecular flexibility index (Phi) is 3.00. The van der Waals surface area contributed by atoms with Gasteiger partial charge in [0, 0.05) is 10.8 Å². The molecular weight excluding hydrogens is 335 g/mol. The molecule has 0 aromatic carbocycles. The molecule has 0 aromatic rings. The number of carbonyl (C=O) groups is 1. The Morgan fingerprint density at radius 3 is 2.73 bits per heavy atom. The zero-order valence-electron chi connectivity index (χ0n) is 15.5. The molecule has 1 spiro atoms. The third kappa shape index (κ3) is 1.51. The van der Waals surface area contributed by atoms with Gasteiger partial charge in [0.1, 0.15) is 11.8 Å². The Labute approximate surface area is 153 Å². The molecule has 9 atom stereocenters. The van der Waals surface area contributed by atoms with Crippen LogP contribution in [0.15, 0.2) is 23.8 Å². The van der Waals surface area contributed by atoms with Gasteiger partial charge >= 0.3 is 5.97 Å². The summed E-state index contributed by atoms with van der Waals surface area (Å²) in [6, 6.07) is 0. The van der Waals surface area contributed by atoms with E-state index < -0.39 is 34.2 Å². The number of aliphatic hydroxyl groups is 1. The molecule has 4 fully saturated rings. The van der Waals surface area contributed by atoms with Crippen molar-refractivity contribution in [3.63, 3.8) is 0 Å². The van der Waals surface area contributed by atoms with Crippen LogP contribution >= 0.6 is 0 Å². The SMILES string of the molecule is C[C@H]1C[C@H]2[C@@H]3C[C@H](F)C4=CCC=C[C@]4(C)[C@@]34O[C@H]4C[C@]2(C)[C@@]1(O)C(=O)O. The first kappa shape index (κ1) is 16.9. The second kappa shape index (κ2) is 4.61.